The zero-order chi connectivity index (χ0) is 14.1. The van der Waals surface area contributed by atoms with Gasteiger partial charge in [0.1, 0.15) is 0 Å². The van der Waals surface area contributed by atoms with Gasteiger partial charge in [0.2, 0.25) is 5.89 Å². The number of fused-ring (bicyclic) bond motifs is 1. The summed E-state index contributed by atoms with van der Waals surface area (Å²) in [7, 11) is 0. The van der Waals surface area contributed by atoms with Crippen molar-refractivity contribution < 1.29 is 4.52 Å². The first-order valence-electron chi connectivity index (χ1n) is 6.45. The van der Waals surface area contributed by atoms with E-state index in [-0.39, 0.29) is 11.2 Å². The van der Waals surface area contributed by atoms with Crippen LogP contribution in [0.5, 0.6) is 0 Å². The zero-order valence-corrected chi connectivity index (χ0v) is 12.3. The molecule has 0 aliphatic heterocycles. The van der Waals surface area contributed by atoms with Crippen LogP contribution in [-0.2, 0) is 0 Å². The Bertz CT molecular complexity index is 720. The van der Waals surface area contributed by atoms with Crippen molar-refractivity contribution in [1.29, 1.82) is 0 Å². The van der Waals surface area contributed by atoms with Crippen LogP contribution >= 0.6 is 11.8 Å². The topological polar surface area (TPSA) is 69.1 Å². The molecule has 0 saturated heterocycles. The van der Waals surface area contributed by atoms with Crippen molar-refractivity contribution in [1.82, 2.24) is 24.7 Å². The molecule has 0 fully saturated rings. The molecular weight excluding hydrogens is 274 g/mol. The van der Waals surface area contributed by atoms with Gasteiger partial charge in [-0.25, -0.2) is 0 Å². The number of nitrogens with zero attached hydrogens (tertiary/aromatic N) is 5. The molecule has 0 aromatic carbocycles. The van der Waals surface area contributed by atoms with Gasteiger partial charge in [-0.1, -0.05) is 36.8 Å². The van der Waals surface area contributed by atoms with Crippen molar-refractivity contribution in [3.63, 3.8) is 0 Å². The summed E-state index contributed by atoms with van der Waals surface area (Å²) in [5.41, 5.74) is 0.829. The third kappa shape index (κ3) is 2.40. The molecular formula is C13H15N5OS. The Morgan fingerprint density at radius 3 is 2.80 bits per heavy atom. The number of hydrogen-bond acceptors (Lipinski definition) is 6. The van der Waals surface area contributed by atoms with Gasteiger partial charge in [-0.15, -0.1) is 10.2 Å². The van der Waals surface area contributed by atoms with Gasteiger partial charge in [-0.3, -0.25) is 4.40 Å². The maximum Gasteiger partial charge on any atom is 0.239 e. The van der Waals surface area contributed by atoms with Gasteiger partial charge >= 0.3 is 0 Å². The lowest BCUT2D eigenvalue weighted by Gasteiger charge is -2.04. The summed E-state index contributed by atoms with van der Waals surface area (Å²) in [5.74, 6) is 1.61. The van der Waals surface area contributed by atoms with E-state index < -0.39 is 0 Å². The second kappa shape index (κ2) is 5.24. The third-order valence-corrected chi connectivity index (χ3v) is 3.93. The van der Waals surface area contributed by atoms with Gasteiger partial charge in [0, 0.05) is 12.1 Å². The minimum Gasteiger partial charge on any atom is -0.338 e. The smallest absolute Gasteiger partial charge is 0.239 e. The molecule has 1 atom stereocenters. The van der Waals surface area contributed by atoms with Gasteiger partial charge in [-0.2, -0.15) is 4.98 Å². The summed E-state index contributed by atoms with van der Waals surface area (Å²) in [6.45, 7) is 6.10. The Morgan fingerprint density at radius 1 is 1.20 bits per heavy atom. The molecule has 0 amide bonds. The van der Waals surface area contributed by atoms with Crippen LogP contribution in [0.4, 0.5) is 0 Å². The molecule has 3 aromatic heterocycles. The third-order valence-electron chi connectivity index (χ3n) is 2.89. The quantitative estimate of drug-likeness (QED) is 0.687. The van der Waals surface area contributed by atoms with Crippen molar-refractivity contribution >= 4 is 17.4 Å². The minimum atomic E-state index is 0.0302. The molecule has 6 nitrogen and oxygen atoms in total. The molecule has 0 unspecified atom stereocenters. The van der Waals surface area contributed by atoms with Gasteiger partial charge < -0.3 is 4.52 Å². The van der Waals surface area contributed by atoms with Crippen molar-refractivity contribution in [2.75, 3.05) is 0 Å². The van der Waals surface area contributed by atoms with E-state index in [2.05, 4.69) is 20.3 Å². The van der Waals surface area contributed by atoms with Crippen LogP contribution in [-0.4, -0.2) is 24.7 Å². The SMILES string of the molecule is CC(C)c1noc([C@H](C)Sc2nnc3ccccn23)n1. The van der Waals surface area contributed by atoms with E-state index in [0.29, 0.717) is 5.89 Å². The standard InChI is InChI=1S/C13H15N5OS/c1-8(2)11-14-12(19-17-11)9(3)20-13-16-15-10-6-4-5-7-18(10)13/h4-9H,1-3H3/t9-/m0/s1. The lowest BCUT2D eigenvalue weighted by molar-refractivity contribution is 0.373. The molecule has 0 aliphatic rings. The summed E-state index contributed by atoms with van der Waals surface area (Å²) in [4.78, 5) is 4.41. The lowest BCUT2D eigenvalue weighted by atomic mass is 10.2. The first kappa shape index (κ1) is 13.1. The Kier molecular flexibility index (Phi) is 3.43. The lowest BCUT2D eigenvalue weighted by Crippen LogP contribution is -1.94. The Hall–Kier alpha value is -1.89. The molecule has 0 bridgehead atoms. The van der Waals surface area contributed by atoms with Crippen LogP contribution in [0.15, 0.2) is 34.1 Å². The summed E-state index contributed by atoms with van der Waals surface area (Å²) >= 11 is 1.55. The van der Waals surface area contributed by atoms with Crippen molar-refractivity contribution in [2.45, 2.75) is 37.1 Å². The highest BCUT2D eigenvalue weighted by molar-refractivity contribution is 7.99. The van der Waals surface area contributed by atoms with Gasteiger partial charge in [-0.05, 0) is 19.1 Å². The molecule has 3 aromatic rings. The average molecular weight is 289 g/mol. The Morgan fingerprint density at radius 2 is 2.05 bits per heavy atom. The maximum absolute atomic E-state index is 5.31. The van der Waals surface area contributed by atoms with Crippen LogP contribution < -0.4 is 0 Å². The highest BCUT2D eigenvalue weighted by Gasteiger charge is 2.19. The van der Waals surface area contributed by atoms with Crippen LogP contribution in [0.1, 0.15) is 43.7 Å². The molecule has 0 aliphatic carbocycles. The molecule has 0 N–H and O–H groups in total. The van der Waals surface area contributed by atoms with Crippen LogP contribution in [0, 0.1) is 0 Å². The predicted octanol–water partition coefficient (Wildman–Crippen LogP) is 3.09. The monoisotopic (exact) mass is 289 g/mol. The summed E-state index contributed by atoms with van der Waals surface area (Å²) in [5, 5.41) is 13.1. The van der Waals surface area contributed by atoms with E-state index in [1.54, 1.807) is 11.8 Å². The van der Waals surface area contributed by atoms with Crippen LogP contribution in [0.3, 0.4) is 0 Å². The van der Waals surface area contributed by atoms with Crippen molar-refractivity contribution in [2.24, 2.45) is 0 Å². The fraction of sp³-hybridized carbons (Fsp3) is 0.385. The van der Waals surface area contributed by atoms with E-state index in [1.165, 1.54) is 0 Å². The largest absolute Gasteiger partial charge is 0.338 e. The minimum absolute atomic E-state index is 0.0302. The molecule has 0 spiro atoms. The highest BCUT2D eigenvalue weighted by atomic mass is 32.2. The highest BCUT2D eigenvalue weighted by Crippen LogP contribution is 2.33. The summed E-state index contributed by atoms with van der Waals surface area (Å²) < 4.78 is 7.25. The second-order valence-corrected chi connectivity index (χ2v) is 6.12. The number of pyridine rings is 1. The van der Waals surface area contributed by atoms with E-state index in [1.807, 2.05) is 49.6 Å². The van der Waals surface area contributed by atoms with Crippen LogP contribution in [0.2, 0.25) is 0 Å². The predicted molar refractivity (Wildman–Crippen MR) is 75.6 cm³/mol. The van der Waals surface area contributed by atoms with Gasteiger partial charge in [0.15, 0.2) is 16.6 Å². The molecule has 0 radical (unpaired) electrons. The molecule has 104 valence electrons. The normalized spacial score (nSPS) is 13.2. The summed E-state index contributed by atoms with van der Waals surface area (Å²) in [6.07, 6.45) is 1.94. The van der Waals surface area contributed by atoms with Crippen molar-refractivity contribution in [3.8, 4) is 0 Å². The molecule has 20 heavy (non-hydrogen) atoms. The summed E-state index contributed by atoms with van der Waals surface area (Å²) in [6, 6.07) is 5.81. The van der Waals surface area contributed by atoms with Gasteiger partial charge in [0.25, 0.3) is 0 Å². The maximum atomic E-state index is 5.31. The van der Waals surface area contributed by atoms with E-state index in [0.717, 1.165) is 16.6 Å². The number of thioether (sulfide) groups is 1. The van der Waals surface area contributed by atoms with Crippen molar-refractivity contribution in [3.05, 3.63) is 36.1 Å². The second-order valence-electron chi connectivity index (χ2n) is 4.82. The Labute approximate surface area is 120 Å². The molecule has 3 heterocycles. The number of hydrogen-bond donors (Lipinski definition) is 0. The van der Waals surface area contributed by atoms with E-state index in [9.17, 15) is 0 Å². The molecule has 7 heteroatoms. The van der Waals surface area contributed by atoms with E-state index in [4.69, 9.17) is 4.52 Å². The molecule has 0 saturated carbocycles. The first-order chi connectivity index (χ1) is 9.65. The Balaban J connectivity index is 1.82. The first-order valence-corrected chi connectivity index (χ1v) is 7.33. The van der Waals surface area contributed by atoms with E-state index >= 15 is 0 Å². The fourth-order valence-electron chi connectivity index (χ4n) is 1.76. The van der Waals surface area contributed by atoms with Crippen LogP contribution in [0.25, 0.3) is 5.65 Å². The zero-order valence-electron chi connectivity index (χ0n) is 11.5. The van der Waals surface area contributed by atoms with Gasteiger partial charge in [0.05, 0.1) is 5.25 Å². The average Bonchev–Trinajstić information content (AvgIpc) is 3.06. The number of aromatic nitrogens is 5. The number of rotatable bonds is 4. The molecule has 3 rings (SSSR count). The fourth-order valence-corrected chi connectivity index (χ4v) is 2.62.